The van der Waals surface area contributed by atoms with Gasteiger partial charge in [0.2, 0.25) is 0 Å². The van der Waals surface area contributed by atoms with Gasteiger partial charge in [-0.25, -0.2) is 9.98 Å². The van der Waals surface area contributed by atoms with E-state index in [0.717, 1.165) is 43.1 Å². The Kier molecular flexibility index (Phi) is 9.25. The number of hydrazone groups is 1. The summed E-state index contributed by atoms with van der Waals surface area (Å²) in [5.41, 5.74) is 10.0. The van der Waals surface area contributed by atoms with Crippen LogP contribution < -0.4 is 16.0 Å². The van der Waals surface area contributed by atoms with Gasteiger partial charge in [-0.05, 0) is 36.2 Å². The number of allylic oxidation sites excluding steroid dienone is 1. The first-order valence-electron chi connectivity index (χ1n) is 13.1. The fraction of sp³-hybridized carbons (Fsp3) is 0.300. The highest BCUT2D eigenvalue weighted by Crippen LogP contribution is 2.30. The van der Waals surface area contributed by atoms with Crippen LogP contribution in [0.2, 0.25) is 0 Å². The second-order valence-corrected chi connectivity index (χ2v) is 9.42. The molecule has 0 radical (unpaired) electrons. The van der Waals surface area contributed by atoms with Gasteiger partial charge in [-0.15, -0.1) is 0 Å². The second kappa shape index (κ2) is 13.2. The van der Waals surface area contributed by atoms with Crippen LogP contribution in [-0.4, -0.2) is 60.9 Å². The number of hydrogen-bond donors (Lipinski definition) is 2. The van der Waals surface area contributed by atoms with Gasteiger partial charge in [-0.1, -0.05) is 43.8 Å². The highest BCUT2D eigenvalue weighted by molar-refractivity contribution is 6.08. The van der Waals surface area contributed by atoms with E-state index in [9.17, 15) is 5.26 Å². The smallest absolute Gasteiger partial charge is 0.128 e. The third kappa shape index (κ3) is 6.41. The molecule has 39 heavy (non-hydrogen) atoms. The van der Waals surface area contributed by atoms with Crippen LogP contribution in [0.1, 0.15) is 30.4 Å². The van der Waals surface area contributed by atoms with E-state index in [0.29, 0.717) is 17.2 Å². The van der Waals surface area contributed by atoms with Crippen LogP contribution in [0.5, 0.6) is 0 Å². The predicted octanol–water partition coefficient (Wildman–Crippen LogP) is 3.81. The van der Waals surface area contributed by atoms with Crippen molar-refractivity contribution >= 4 is 24.0 Å². The van der Waals surface area contributed by atoms with E-state index < -0.39 is 5.92 Å². The first-order valence-corrected chi connectivity index (χ1v) is 13.1. The Hall–Kier alpha value is -4.71. The second-order valence-electron chi connectivity index (χ2n) is 9.42. The van der Waals surface area contributed by atoms with E-state index in [1.807, 2.05) is 24.4 Å². The zero-order chi connectivity index (χ0) is 27.6. The molecule has 4 rings (SSSR count). The van der Waals surface area contributed by atoms with Crippen LogP contribution in [0.4, 0.5) is 5.82 Å². The van der Waals surface area contributed by atoms with Gasteiger partial charge in [0.25, 0.3) is 0 Å². The molecule has 3 heterocycles. The van der Waals surface area contributed by atoms with E-state index in [-0.39, 0.29) is 6.04 Å². The SMILES string of the molecule is C=CNCCN(CCC(C)c1ccccc1)c1ccc(C2=NC(C(C=NC)=CN)=CN3N=CC(C#N)C23)cn1. The number of nitrogens with two attached hydrogens (primary N) is 1. The van der Waals surface area contributed by atoms with E-state index in [1.54, 1.807) is 36.9 Å². The molecular weight excluding hydrogens is 486 g/mol. The topological polar surface area (TPSA) is 118 Å². The number of anilines is 1. The van der Waals surface area contributed by atoms with E-state index in [2.05, 4.69) is 64.1 Å². The zero-order valence-corrected chi connectivity index (χ0v) is 22.5. The molecule has 0 amide bonds. The number of hydrogen-bond acceptors (Lipinski definition) is 9. The molecule has 0 bridgehead atoms. The Morgan fingerprint density at radius 1 is 1.28 bits per heavy atom. The third-order valence-corrected chi connectivity index (χ3v) is 6.89. The molecule has 200 valence electrons. The average Bonchev–Trinajstić information content (AvgIpc) is 3.41. The summed E-state index contributed by atoms with van der Waals surface area (Å²) in [5.74, 6) is 0.885. The summed E-state index contributed by atoms with van der Waals surface area (Å²) < 4.78 is 0. The molecule has 1 aromatic carbocycles. The van der Waals surface area contributed by atoms with E-state index in [1.165, 1.54) is 11.8 Å². The number of benzene rings is 1. The molecule has 0 saturated heterocycles. The lowest BCUT2D eigenvalue weighted by atomic mass is 9.93. The van der Waals surface area contributed by atoms with Crippen molar-refractivity contribution in [2.45, 2.75) is 25.3 Å². The number of pyridine rings is 1. The Morgan fingerprint density at radius 3 is 2.77 bits per heavy atom. The number of aromatic nitrogens is 1. The van der Waals surface area contributed by atoms with Gasteiger partial charge in [0.05, 0.1) is 23.7 Å². The lowest BCUT2D eigenvalue weighted by molar-refractivity contribution is 0.361. The number of fused-ring (bicyclic) bond motifs is 1. The molecule has 0 fully saturated rings. The molecule has 0 aliphatic carbocycles. The van der Waals surface area contributed by atoms with Crippen LogP contribution in [0.15, 0.2) is 100 Å². The van der Waals surface area contributed by atoms with Crippen molar-refractivity contribution in [1.29, 1.82) is 5.26 Å². The highest BCUT2D eigenvalue weighted by atomic mass is 15.5. The summed E-state index contributed by atoms with van der Waals surface area (Å²) in [4.78, 5) is 16.1. The van der Waals surface area contributed by atoms with Crippen molar-refractivity contribution in [2.24, 2.45) is 26.7 Å². The first-order chi connectivity index (χ1) is 19.1. The summed E-state index contributed by atoms with van der Waals surface area (Å²) in [7, 11) is 1.68. The normalized spacial score (nSPS) is 19.2. The lowest BCUT2D eigenvalue weighted by Gasteiger charge is -2.29. The minimum atomic E-state index is -0.424. The fourth-order valence-electron chi connectivity index (χ4n) is 4.70. The van der Waals surface area contributed by atoms with Crippen LogP contribution >= 0.6 is 0 Å². The molecular formula is C30H35N9. The standard InChI is InChI=1S/C30H35N9/c1-4-34-13-15-38(14-12-22(2)23-8-6-5-7-9-23)28-11-10-24(19-35-28)29-30-26(17-32)20-36-39(30)21-27(37-29)25(16-31)18-33-3/h4-11,16,18-22,26,30,34H,1,12-15,31H2,2-3H3. The predicted molar refractivity (Wildman–Crippen MR) is 159 cm³/mol. The largest absolute Gasteiger partial charge is 0.404 e. The molecule has 9 nitrogen and oxygen atoms in total. The monoisotopic (exact) mass is 521 g/mol. The quantitative estimate of drug-likeness (QED) is 0.324. The van der Waals surface area contributed by atoms with Gasteiger partial charge in [-0.3, -0.25) is 10.0 Å². The minimum absolute atomic E-state index is 0.330. The van der Waals surface area contributed by atoms with Gasteiger partial charge in [-0.2, -0.15) is 10.4 Å². The number of rotatable bonds is 12. The van der Waals surface area contributed by atoms with Crippen LogP contribution in [0.3, 0.4) is 0 Å². The van der Waals surface area contributed by atoms with Crippen LogP contribution in [-0.2, 0) is 0 Å². The number of aliphatic imine (C=N–C) groups is 2. The van der Waals surface area contributed by atoms with Gasteiger partial charge in [0.1, 0.15) is 17.8 Å². The first kappa shape index (κ1) is 27.3. The molecule has 2 aromatic rings. The third-order valence-electron chi connectivity index (χ3n) is 6.89. The summed E-state index contributed by atoms with van der Waals surface area (Å²) >= 11 is 0. The summed E-state index contributed by atoms with van der Waals surface area (Å²) in [6, 6.07) is 16.6. The Bertz CT molecular complexity index is 1320. The molecule has 0 saturated carbocycles. The summed E-state index contributed by atoms with van der Waals surface area (Å²) in [6.07, 6.45) is 11.1. The van der Waals surface area contributed by atoms with E-state index in [4.69, 9.17) is 15.7 Å². The molecule has 0 spiro atoms. The van der Waals surface area contributed by atoms with E-state index >= 15 is 0 Å². The van der Waals surface area contributed by atoms with Crippen molar-refractivity contribution in [3.8, 4) is 6.07 Å². The highest BCUT2D eigenvalue weighted by Gasteiger charge is 2.38. The maximum atomic E-state index is 9.75. The zero-order valence-electron chi connectivity index (χ0n) is 22.5. The lowest BCUT2D eigenvalue weighted by Crippen LogP contribution is -2.39. The maximum absolute atomic E-state index is 9.75. The van der Waals surface area contributed by atoms with Crippen molar-refractivity contribution in [3.05, 3.63) is 96.2 Å². The van der Waals surface area contributed by atoms with Gasteiger partial charge in [0.15, 0.2) is 0 Å². The minimum Gasteiger partial charge on any atom is -0.404 e. The van der Waals surface area contributed by atoms with Crippen molar-refractivity contribution in [2.75, 3.05) is 31.6 Å². The average molecular weight is 522 g/mol. The van der Waals surface area contributed by atoms with Crippen molar-refractivity contribution < 1.29 is 0 Å². The number of nitrogens with zero attached hydrogens (tertiary/aromatic N) is 7. The molecule has 1 aromatic heterocycles. The number of nitrogens with one attached hydrogen (secondary N) is 1. The van der Waals surface area contributed by atoms with Crippen molar-refractivity contribution in [3.63, 3.8) is 0 Å². The summed E-state index contributed by atoms with van der Waals surface area (Å²) in [5, 5.41) is 19.1. The molecule has 3 N–H and O–H groups in total. The molecule has 2 aliphatic heterocycles. The van der Waals surface area contributed by atoms with Gasteiger partial charge < -0.3 is 16.0 Å². The van der Waals surface area contributed by atoms with Crippen LogP contribution in [0.25, 0.3) is 0 Å². The maximum Gasteiger partial charge on any atom is 0.128 e. The molecule has 3 unspecified atom stereocenters. The molecule has 2 aliphatic rings. The summed E-state index contributed by atoms with van der Waals surface area (Å²) in [6.45, 7) is 8.43. The molecule has 3 atom stereocenters. The van der Waals surface area contributed by atoms with Gasteiger partial charge >= 0.3 is 0 Å². The van der Waals surface area contributed by atoms with Gasteiger partial charge in [0, 0.05) is 62.6 Å². The Labute approximate surface area is 230 Å². The van der Waals surface area contributed by atoms with Crippen molar-refractivity contribution in [1.82, 2.24) is 15.3 Å². The Morgan fingerprint density at radius 2 is 2.10 bits per heavy atom. The molecule has 9 heteroatoms. The fourth-order valence-corrected chi connectivity index (χ4v) is 4.70. The van der Waals surface area contributed by atoms with Crippen LogP contribution in [0, 0.1) is 17.2 Å². The number of nitriles is 1. The Balaban J connectivity index is 1.59.